The molecule has 1 rings (SSSR count). The summed E-state index contributed by atoms with van der Waals surface area (Å²) >= 11 is 0. The molecular formula is C27H41NO11. The van der Waals surface area contributed by atoms with Crippen LogP contribution in [0.2, 0.25) is 0 Å². The van der Waals surface area contributed by atoms with Crippen LogP contribution in [0.15, 0.2) is 18.2 Å². The second-order valence-electron chi connectivity index (χ2n) is 9.63. The molecule has 0 aliphatic heterocycles. The third-order valence-corrected chi connectivity index (χ3v) is 6.16. The van der Waals surface area contributed by atoms with Gasteiger partial charge in [-0.15, -0.1) is 0 Å². The van der Waals surface area contributed by atoms with E-state index >= 15 is 0 Å². The number of ether oxygens (including phenoxy) is 6. The average Bonchev–Trinajstić information content (AvgIpc) is 2.86. The summed E-state index contributed by atoms with van der Waals surface area (Å²) in [5.41, 5.74) is 4.79. The Morgan fingerprint density at radius 2 is 1.33 bits per heavy atom. The van der Waals surface area contributed by atoms with Crippen LogP contribution in [-0.2, 0) is 30.2 Å². The summed E-state index contributed by atoms with van der Waals surface area (Å²) in [6, 6.07) is 4.10. The molecule has 0 amide bonds. The van der Waals surface area contributed by atoms with Gasteiger partial charge in [0.05, 0.1) is 13.2 Å². The summed E-state index contributed by atoms with van der Waals surface area (Å²) in [6.07, 6.45) is -3.42. The molecule has 1 unspecified atom stereocenters. The number of rotatable bonds is 14. The molecule has 0 heterocycles. The van der Waals surface area contributed by atoms with E-state index in [0.29, 0.717) is 18.4 Å². The van der Waals surface area contributed by atoms with Crippen LogP contribution in [0.3, 0.4) is 0 Å². The van der Waals surface area contributed by atoms with Crippen molar-refractivity contribution in [2.75, 3.05) is 13.2 Å². The molecule has 12 heteroatoms. The van der Waals surface area contributed by atoms with Crippen molar-refractivity contribution in [1.29, 1.82) is 0 Å². The summed E-state index contributed by atoms with van der Waals surface area (Å²) < 4.78 is 30.7. The van der Waals surface area contributed by atoms with Gasteiger partial charge in [0, 0.05) is 12.3 Å². The van der Waals surface area contributed by atoms with Crippen molar-refractivity contribution in [3.05, 3.63) is 23.8 Å². The highest BCUT2D eigenvalue weighted by Gasteiger charge is 2.44. The van der Waals surface area contributed by atoms with Crippen LogP contribution < -0.4 is 15.2 Å². The number of hydrogen-bond donors (Lipinski definition) is 2. The van der Waals surface area contributed by atoms with Gasteiger partial charge < -0.3 is 39.3 Å². The summed E-state index contributed by atoms with van der Waals surface area (Å²) in [6.45, 7) is 12.4. The number of benzene rings is 1. The average molecular weight is 556 g/mol. The maximum absolute atomic E-state index is 12.3. The van der Waals surface area contributed by atoms with Crippen LogP contribution in [0.1, 0.15) is 66.9 Å². The molecule has 12 nitrogen and oxygen atoms in total. The number of carboxylic acid groups (broad SMARTS) is 1. The van der Waals surface area contributed by atoms with Crippen LogP contribution in [0.4, 0.5) is 14.4 Å². The van der Waals surface area contributed by atoms with Gasteiger partial charge in [0.2, 0.25) is 0 Å². The predicted molar refractivity (Wildman–Crippen MR) is 140 cm³/mol. The molecule has 39 heavy (non-hydrogen) atoms. The van der Waals surface area contributed by atoms with Gasteiger partial charge in [-0.2, -0.15) is 0 Å². The predicted octanol–water partition coefficient (Wildman–Crippen LogP) is 5.08. The zero-order valence-corrected chi connectivity index (χ0v) is 23.7. The van der Waals surface area contributed by atoms with Gasteiger partial charge >= 0.3 is 24.4 Å². The number of nitrogens with two attached hydrogens (primary N) is 1. The van der Waals surface area contributed by atoms with Gasteiger partial charge in [-0.3, -0.25) is 4.79 Å². The highest BCUT2D eigenvalue weighted by molar-refractivity contribution is 5.80. The Hall–Kier alpha value is -3.54. The fourth-order valence-electron chi connectivity index (χ4n) is 3.19. The molecule has 0 bridgehead atoms. The Bertz CT molecular complexity index is 980. The molecule has 0 radical (unpaired) electrons. The first-order valence-corrected chi connectivity index (χ1v) is 13.0. The van der Waals surface area contributed by atoms with Crippen molar-refractivity contribution >= 4 is 24.4 Å². The molecule has 0 spiro atoms. The molecule has 0 aliphatic rings. The smallest absolute Gasteiger partial charge is 0.480 e. The van der Waals surface area contributed by atoms with Crippen molar-refractivity contribution in [2.45, 2.75) is 85.5 Å². The second-order valence-corrected chi connectivity index (χ2v) is 9.63. The summed E-state index contributed by atoms with van der Waals surface area (Å²) in [7, 11) is 0. The van der Waals surface area contributed by atoms with Crippen molar-refractivity contribution in [2.24, 2.45) is 17.6 Å². The number of aliphatic carboxylic acids is 1. The first-order chi connectivity index (χ1) is 18.2. The fraction of sp³-hybridized carbons (Fsp3) is 0.630. The minimum Gasteiger partial charge on any atom is -0.480 e. The molecular weight excluding hydrogens is 514 g/mol. The quantitative estimate of drug-likeness (QED) is 0.177. The minimum absolute atomic E-state index is 0.0639. The van der Waals surface area contributed by atoms with E-state index in [1.54, 1.807) is 20.8 Å². The van der Waals surface area contributed by atoms with Gasteiger partial charge in [-0.1, -0.05) is 40.7 Å². The zero-order chi connectivity index (χ0) is 29.8. The molecule has 1 aromatic carbocycles. The highest BCUT2D eigenvalue weighted by Crippen LogP contribution is 2.33. The second kappa shape index (κ2) is 15.8. The van der Waals surface area contributed by atoms with Gasteiger partial charge in [0.1, 0.15) is 17.7 Å². The monoisotopic (exact) mass is 555 g/mol. The molecule has 0 aliphatic carbocycles. The lowest BCUT2D eigenvalue weighted by Gasteiger charge is -2.35. The summed E-state index contributed by atoms with van der Waals surface area (Å²) in [4.78, 5) is 48.6. The van der Waals surface area contributed by atoms with Gasteiger partial charge in [-0.05, 0) is 50.3 Å². The first-order valence-electron chi connectivity index (χ1n) is 13.0. The van der Waals surface area contributed by atoms with Crippen LogP contribution in [0.25, 0.3) is 0 Å². The van der Waals surface area contributed by atoms with E-state index in [0.717, 1.165) is 0 Å². The topological polar surface area (TPSA) is 170 Å². The third-order valence-electron chi connectivity index (χ3n) is 6.16. The lowest BCUT2D eigenvalue weighted by atomic mass is 9.78. The van der Waals surface area contributed by atoms with E-state index in [1.165, 1.54) is 25.1 Å². The Balaban J connectivity index is 3.20. The summed E-state index contributed by atoms with van der Waals surface area (Å²) in [5, 5.41) is 10.0. The van der Waals surface area contributed by atoms with Crippen LogP contribution in [-0.4, -0.2) is 60.5 Å². The van der Waals surface area contributed by atoms with E-state index < -0.39 is 48.1 Å². The normalized spacial score (nSPS) is 14.8. The van der Waals surface area contributed by atoms with Crippen LogP contribution in [0, 0.1) is 11.8 Å². The lowest BCUT2D eigenvalue weighted by Crippen LogP contribution is -2.58. The van der Waals surface area contributed by atoms with E-state index in [4.69, 9.17) is 34.2 Å². The SMILES string of the molecule is CCCOC(=O)Oc1ccc(C[C@](N)(C(=O)O)[C@H](C)[C@H](C)OC(=O)OC(C)C(C)C)cc1OC(=O)OCCC. The molecule has 0 aromatic heterocycles. The minimum atomic E-state index is -1.91. The summed E-state index contributed by atoms with van der Waals surface area (Å²) in [5.74, 6) is -2.50. The van der Waals surface area contributed by atoms with E-state index in [2.05, 4.69) is 0 Å². The van der Waals surface area contributed by atoms with Gasteiger partial charge in [0.25, 0.3) is 0 Å². The molecule has 0 fully saturated rings. The van der Waals surface area contributed by atoms with E-state index in [9.17, 15) is 24.3 Å². The number of hydrogen-bond acceptors (Lipinski definition) is 11. The molecule has 0 saturated heterocycles. The standard InChI is InChI=1S/C27H41NO11/c1-8-12-34-24(31)38-21-11-10-20(14-22(21)39-25(32)35-13-9-2)15-27(28,23(29)30)17(5)19(7)37-26(33)36-18(6)16(3)4/h10-11,14,16-19H,8-9,12-13,15,28H2,1-7H3,(H,29,30)/t17-,18?,19+,27-/m1/s1. The van der Waals surface area contributed by atoms with Crippen LogP contribution in [0.5, 0.6) is 11.5 Å². The number of carbonyl (C=O) groups excluding carboxylic acids is 3. The Morgan fingerprint density at radius 1 is 0.821 bits per heavy atom. The lowest BCUT2D eigenvalue weighted by molar-refractivity contribution is -0.147. The zero-order valence-electron chi connectivity index (χ0n) is 23.7. The van der Waals surface area contributed by atoms with Crippen molar-refractivity contribution in [3.8, 4) is 11.5 Å². The van der Waals surface area contributed by atoms with Crippen molar-refractivity contribution in [1.82, 2.24) is 0 Å². The van der Waals surface area contributed by atoms with Crippen molar-refractivity contribution in [3.63, 3.8) is 0 Å². The Labute approximate surface area is 229 Å². The molecule has 3 N–H and O–H groups in total. The number of carboxylic acids is 1. The maximum atomic E-state index is 12.3. The Kier molecular flexibility index (Phi) is 13.5. The Morgan fingerprint density at radius 3 is 1.82 bits per heavy atom. The fourth-order valence-corrected chi connectivity index (χ4v) is 3.19. The van der Waals surface area contributed by atoms with Gasteiger partial charge in [0.15, 0.2) is 11.5 Å². The molecule has 1 aromatic rings. The molecule has 0 saturated carbocycles. The van der Waals surface area contributed by atoms with Crippen molar-refractivity contribution < 1.29 is 52.7 Å². The van der Waals surface area contributed by atoms with E-state index in [1.807, 2.05) is 20.8 Å². The maximum Gasteiger partial charge on any atom is 0.513 e. The highest BCUT2D eigenvalue weighted by atomic mass is 16.7. The van der Waals surface area contributed by atoms with E-state index in [-0.39, 0.29) is 37.1 Å². The third kappa shape index (κ3) is 10.6. The molecule has 4 atom stereocenters. The molecule has 220 valence electrons. The largest absolute Gasteiger partial charge is 0.513 e. The number of carbonyl (C=O) groups is 4. The van der Waals surface area contributed by atoms with Gasteiger partial charge in [-0.25, -0.2) is 14.4 Å². The van der Waals surface area contributed by atoms with Crippen LogP contribution >= 0.6 is 0 Å². The first kappa shape index (κ1) is 33.5.